The monoisotopic (exact) mass is 1190 g/mol. The number of alkyl carbamates (subject to hydrolysis) is 1. The van der Waals surface area contributed by atoms with E-state index >= 15 is 9.59 Å². The molecule has 24 heteroatoms. The van der Waals surface area contributed by atoms with E-state index in [1.54, 1.807) is 46.8 Å². The summed E-state index contributed by atoms with van der Waals surface area (Å²) in [4.78, 5) is 127. The number of primary amides is 1. The molecule has 14 N–H and O–H groups in total. The Balaban J connectivity index is 1.39. The van der Waals surface area contributed by atoms with E-state index in [9.17, 15) is 43.8 Å². The Bertz CT molecular complexity index is 3040. The Morgan fingerprint density at radius 3 is 2.02 bits per heavy atom. The third kappa shape index (κ3) is 19.7. The van der Waals surface area contributed by atoms with Gasteiger partial charge in [-0.15, -0.1) is 0 Å². The minimum absolute atomic E-state index is 0.0303. The van der Waals surface area contributed by atoms with E-state index in [1.165, 1.54) is 19.1 Å². The maximum Gasteiger partial charge on any atom is 0.407 e. The molecule has 1 heterocycles. The molecule has 9 atom stereocenters. The van der Waals surface area contributed by atoms with Crippen molar-refractivity contribution in [3.05, 3.63) is 119 Å². The predicted octanol–water partition coefficient (Wildman–Crippen LogP) is 2.69. The topological polar surface area (TPSA) is 352 Å². The Hall–Kier alpha value is -7.67. The number of nitrogens with two attached hydrogens (primary N) is 2. The number of ether oxygens (including phenoxy) is 1. The van der Waals surface area contributed by atoms with Crippen LogP contribution in [0.2, 0.25) is 0 Å². The zero-order valence-corrected chi connectivity index (χ0v) is 49.7. The van der Waals surface area contributed by atoms with Gasteiger partial charge in [-0.1, -0.05) is 120 Å². The van der Waals surface area contributed by atoms with Gasteiger partial charge in [0.05, 0.1) is 12.1 Å². The lowest BCUT2D eigenvalue weighted by Crippen LogP contribution is -2.62. The number of phenolic OH excluding ortho intramolecular Hbond substituents is 1. The summed E-state index contributed by atoms with van der Waals surface area (Å²) in [5, 5.41) is 44.2. The van der Waals surface area contributed by atoms with Gasteiger partial charge in [-0.05, 0) is 116 Å². The molecule has 4 aromatic rings. The van der Waals surface area contributed by atoms with Crippen molar-refractivity contribution < 1.29 is 58.1 Å². The molecule has 6 rings (SSSR count). The number of rotatable bonds is 18. The van der Waals surface area contributed by atoms with Crippen LogP contribution in [-0.2, 0) is 62.4 Å². The molecule has 452 valence electrons. The summed E-state index contributed by atoms with van der Waals surface area (Å²) >= 11 is 0. The number of phenols is 1. The standard InChI is InChI=1S/C60H78N10O12S2/c1-33(2)49-58(80)68-48(57(79)70-50(34(3)71)51(62)73)32-84-83-31-47(67-52(74)43(61)28-36-18-21-37-13-7-8-15-39(37)27-36)56(78)65-45(29-35-19-24-41(72)25-20-35)54(76)66-46(30-40-23-22-38-14-9-10-16-42(38)40)55(77)64-44(53(75)69-49)17-11-12-26-63-59(81)82-60(4,5)6/h7-10,13-16,18-21,23-25,27,33-34,43-50,71-72H,11-12,17,22,26,28-32,61H2,1-6H3,(H2,62,73)(H,63,81)(H,64,77)(H,65,78)(H,66,76)(H,67,74)(H,68,80)(H,69,75)(H,70,79)/t34-,43-,44+,45+,46-,47+,48-,49+,50+/m1/s1. The average Bonchev–Trinajstić information content (AvgIpc) is 3.84. The van der Waals surface area contributed by atoms with Crippen LogP contribution in [0.5, 0.6) is 5.75 Å². The number of aliphatic hydroxyl groups is 1. The zero-order chi connectivity index (χ0) is 61.3. The van der Waals surface area contributed by atoms with Crippen LogP contribution in [0.25, 0.3) is 16.3 Å². The SMILES string of the molecule is CC(C)[C@@H]1NC(=O)[C@H](CCCCNC(=O)OC(C)(C)C)NC(=O)[C@@H](CC2=CCc3ccccc32)NC(=O)[C@H](Cc2ccc(O)cc2)NC(=O)[C@@H](NC(=O)[C@H](N)Cc2ccc3ccccc3c2)CSSC[C@H](C(=O)N[C@H](C(N)=O)[C@@H](C)O)NC1=O. The van der Waals surface area contributed by atoms with Crippen LogP contribution < -0.4 is 54.0 Å². The second-order valence-electron chi connectivity index (χ2n) is 22.3. The highest BCUT2D eigenvalue weighted by molar-refractivity contribution is 8.76. The van der Waals surface area contributed by atoms with Gasteiger partial charge in [-0.3, -0.25) is 38.4 Å². The third-order valence-corrected chi connectivity index (χ3v) is 16.4. The maximum atomic E-state index is 15.0. The Kier molecular flexibility index (Phi) is 24.0. The lowest BCUT2D eigenvalue weighted by Gasteiger charge is -2.30. The first kappa shape index (κ1) is 65.5. The fourth-order valence-corrected chi connectivity index (χ4v) is 11.8. The average molecular weight is 1200 g/mol. The van der Waals surface area contributed by atoms with E-state index in [0.29, 0.717) is 18.4 Å². The van der Waals surface area contributed by atoms with Gasteiger partial charge >= 0.3 is 6.09 Å². The molecular weight excluding hydrogens is 1120 g/mol. The summed E-state index contributed by atoms with van der Waals surface area (Å²) < 4.78 is 5.36. The summed E-state index contributed by atoms with van der Waals surface area (Å²) in [7, 11) is 2.01. The van der Waals surface area contributed by atoms with E-state index < -0.39 is 119 Å². The first-order valence-electron chi connectivity index (χ1n) is 28.0. The number of carbonyl (C=O) groups is 9. The molecule has 1 saturated heterocycles. The molecule has 1 aliphatic carbocycles. The fraction of sp³-hybridized carbons (Fsp3) is 0.450. The van der Waals surface area contributed by atoms with Gasteiger partial charge in [0.2, 0.25) is 47.3 Å². The van der Waals surface area contributed by atoms with E-state index in [-0.39, 0.29) is 55.9 Å². The van der Waals surface area contributed by atoms with Gasteiger partial charge in [-0.25, -0.2) is 4.79 Å². The van der Waals surface area contributed by atoms with Gasteiger partial charge in [-0.2, -0.15) is 0 Å². The minimum Gasteiger partial charge on any atom is -0.508 e. The van der Waals surface area contributed by atoms with Crippen LogP contribution in [0.4, 0.5) is 4.79 Å². The predicted molar refractivity (Wildman–Crippen MR) is 322 cm³/mol. The van der Waals surface area contributed by atoms with Crippen molar-refractivity contribution in [2.45, 2.75) is 147 Å². The quantitative estimate of drug-likeness (QED) is 0.0503. The van der Waals surface area contributed by atoms with Gasteiger partial charge < -0.3 is 69.0 Å². The highest BCUT2D eigenvalue weighted by atomic mass is 33.1. The number of nitrogens with one attached hydrogen (secondary N) is 8. The van der Waals surface area contributed by atoms with Crippen LogP contribution in [0, 0.1) is 5.92 Å². The first-order valence-corrected chi connectivity index (χ1v) is 30.4. The number of hydrogen-bond acceptors (Lipinski definition) is 15. The number of carbonyl (C=O) groups excluding carboxylic acids is 9. The van der Waals surface area contributed by atoms with Crippen molar-refractivity contribution in [3.63, 3.8) is 0 Å². The molecule has 2 aliphatic rings. The number of fused-ring (bicyclic) bond motifs is 2. The molecule has 0 aromatic heterocycles. The van der Waals surface area contributed by atoms with Crippen LogP contribution >= 0.6 is 21.6 Å². The van der Waals surface area contributed by atoms with Gasteiger partial charge in [0.1, 0.15) is 53.6 Å². The van der Waals surface area contributed by atoms with Crippen LogP contribution in [0.1, 0.15) is 89.5 Å². The van der Waals surface area contributed by atoms with Crippen molar-refractivity contribution in [1.29, 1.82) is 0 Å². The maximum absolute atomic E-state index is 15.0. The van der Waals surface area contributed by atoms with E-state index in [1.807, 2.05) is 72.8 Å². The Morgan fingerprint density at radius 1 is 0.726 bits per heavy atom. The number of amides is 9. The van der Waals surface area contributed by atoms with Gasteiger partial charge in [0.25, 0.3) is 0 Å². The van der Waals surface area contributed by atoms with Crippen molar-refractivity contribution in [1.82, 2.24) is 42.5 Å². The van der Waals surface area contributed by atoms with Crippen LogP contribution in [0.3, 0.4) is 0 Å². The second kappa shape index (κ2) is 30.8. The number of aromatic hydroxyl groups is 1. The zero-order valence-electron chi connectivity index (χ0n) is 48.0. The number of hydrogen-bond donors (Lipinski definition) is 12. The number of aliphatic hydroxyl groups excluding tert-OH is 1. The second-order valence-corrected chi connectivity index (χ2v) is 24.9. The molecule has 0 saturated carbocycles. The van der Waals surface area contributed by atoms with Crippen molar-refractivity contribution >= 4 is 91.3 Å². The molecule has 1 fully saturated rings. The molecule has 0 spiro atoms. The molecule has 9 amide bonds. The molecular formula is C60H78N10O12S2. The molecule has 0 bridgehead atoms. The molecule has 4 aromatic carbocycles. The summed E-state index contributed by atoms with van der Waals surface area (Å²) in [6.07, 6.45) is 0.755. The van der Waals surface area contributed by atoms with E-state index in [2.05, 4.69) is 42.5 Å². The van der Waals surface area contributed by atoms with Gasteiger partial charge in [0, 0.05) is 30.9 Å². The summed E-state index contributed by atoms with van der Waals surface area (Å²) in [5.74, 6) is -7.93. The summed E-state index contributed by atoms with van der Waals surface area (Å²) in [6.45, 7) is 9.84. The highest BCUT2D eigenvalue weighted by Gasteiger charge is 2.37. The smallest absolute Gasteiger partial charge is 0.407 e. The first-order chi connectivity index (χ1) is 39.8. The summed E-state index contributed by atoms with van der Waals surface area (Å²) in [6, 6.07) is 15.7. The van der Waals surface area contributed by atoms with Crippen molar-refractivity contribution in [2.24, 2.45) is 17.4 Å². The molecule has 1 aliphatic heterocycles. The highest BCUT2D eigenvalue weighted by Crippen LogP contribution is 2.31. The van der Waals surface area contributed by atoms with E-state index in [0.717, 1.165) is 54.6 Å². The number of unbranched alkanes of at least 4 members (excludes halogenated alkanes) is 1. The number of benzene rings is 4. The minimum atomic E-state index is -1.57. The van der Waals surface area contributed by atoms with Crippen LogP contribution in [-0.4, -0.2) is 142 Å². The van der Waals surface area contributed by atoms with Crippen molar-refractivity contribution in [3.8, 4) is 5.75 Å². The molecule has 0 radical (unpaired) electrons. The number of allylic oxidation sites excluding steroid dienone is 1. The molecule has 84 heavy (non-hydrogen) atoms. The lowest BCUT2D eigenvalue weighted by atomic mass is 9.97. The third-order valence-electron chi connectivity index (χ3n) is 14.0. The van der Waals surface area contributed by atoms with Gasteiger partial charge in [0.15, 0.2) is 0 Å². The fourth-order valence-electron chi connectivity index (χ4n) is 9.44. The van der Waals surface area contributed by atoms with E-state index in [4.69, 9.17) is 16.2 Å². The normalized spacial score (nSPS) is 21.4. The lowest BCUT2D eigenvalue weighted by molar-refractivity contribution is -0.136. The summed E-state index contributed by atoms with van der Waals surface area (Å²) in [5.41, 5.74) is 15.1. The molecule has 0 unspecified atom stereocenters. The van der Waals surface area contributed by atoms with Crippen molar-refractivity contribution in [2.75, 3.05) is 18.1 Å². The Labute approximate surface area is 496 Å². The Morgan fingerprint density at radius 2 is 1.35 bits per heavy atom. The molecule has 22 nitrogen and oxygen atoms in total. The van der Waals surface area contributed by atoms with Crippen LogP contribution in [0.15, 0.2) is 97.1 Å². The largest absolute Gasteiger partial charge is 0.508 e.